The van der Waals surface area contributed by atoms with Crippen LogP contribution in [-0.2, 0) is 0 Å². The zero-order valence-electron chi connectivity index (χ0n) is 5.09. The SMILES string of the molecule is C1=C2CCSC=C2SC1. The van der Waals surface area contributed by atoms with E-state index in [-0.39, 0.29) is 0 Å². The third-order valence-electron chi connectivity index (χ3n) is 1.56. The molecule has 0 amide bonds. The quantitative estimate of drug-likeness (QED) is 0.529. The number of rotatable bonds is 0. The van der Waals surface area contributed by atoms with E-state index >= 15 is 0 Å². The topological polar surface area (TPSA) is 0 Å². The van der Waals surface area contributed by atoms with E-state index < -0.39 is 0 Å². The molecule has 0 aromatic carbocycles. The summed E-state index contributed by atoms with van der Waals surface area (Å²) in [6.07, 6.45) is 3.65. The second kappa shape index (κ2) is 2.43. The van der Waals surface area contributed by atoms with Crippen molar-refractivity contribution in [3.63, 3.8) is 0 Å². The van der Waals surface area contributed by atoms with E-state index in [1.165, 1.54) is 22.8 Å². The summed E-state index contributed by atoms with van der Waals surface area (Å²) >= 11 is 3.92. The number of hydrogen-bond acceptors (Lipinski definition) is 2. The lowest BCUT2D eigenvalue weighted by Gasteiger charge is -2.08. The van der Waals surface area contributed by atoms with Gasteiger partial charge in [-0.1, -0.05) is 6.08 Å². The molecule has 2 aliphatic heterocycles. The summed E-state index contributed by atoms with van der Waals surface area (Å²) in [5.41, 5.74) is 1.60. The summed E-state index contributed by atoms with van der Waals surface area (Å²) in [6.45, 7) is 0. The highest BCUT2D eigenvalue weighted by Gasteiger charge is 2.14. The molecule has 2 heteroatoms. The Labute approximate surface area is 63.8 Å². The molecular formula is C7H8S2. The summed E-state index contributed by atoms with van der Waals surface area (Å²) in [4.78, 5) is 1.53. The highest BCUT2D eigenvalue weighted by molar-refractivity contribution is 8.06. The van der Waals surface area contributed by atoms with Crippen LogP contribution in [0.3, 0.4) is 0 Å². The van der Waals surface area contributed by atoms with Crippen LogP contribution in [0.1, 0.15) is 6.42 Å². The first-order chi connectivity index (χ1) is 4.47. The molecule has 0 N–H and O–H groups in total. The van der Waals surface area contributed by atoms with Gasteiger partial charge in [-0.2, -0.15) is 0 Å². The summed E-state index contributed by atoms with van der Waals surface area (Å²) in [5, 5.41) is 2.30. The lowest BCUT2D eigenvalue weighted by Crippen LogP contribution is -1.89. The average molecular weight is 156 g/mol. The van der Waals surface area contributed by atoms with Crippen LogP contribution in [0, 0.1) is 0 Å². The van der Waals surface area contributed by atoms with Crippen molar-refractivity contribution in [1.29, 1.82) is 0 Å². The van der Waals surface area contributed by atoms with E-state index in [1.54, 1.807) is 5.57 Å². The van der Waals surface area contributed by atoms with Crippen LogP contribution >= 0.6 is 23.5 Å². The van der Waals surface area contributed by atoms with Gasteiger partial charge < -0.3 is 0 Å². The van der Waals surface area contributed by atoms with Gasteiger partial charge in [0.25, 0.3) is 0 Å². The van der Waals surface area contributed by atoms with Crippen LogP contribution in [0.15, 0.2) is 22.0 Å². The van der Waals surface area contributed by atoms with E-state index in [0.29, 0.717) is 0 Å². The molecule has 0 unspecified atom stereocenters. The normalized spacial score (nSPS) is 24.9. The van der Waals surface area contributed by atoms with E-state index in [2.05, 4.69) is 11.5 Å². The Hall–Kier alpha value is 0.180. The molecule has 0 radical (unpaired) electrons. The molecule has 0 fully saturated rings. The maximum atomic E-state index is 2.36. The molecule has 0 aliphatic carbocycles. The molecule has 2 heterocycles. The van der Waals surface area contributed by atoms with E-state index in [4.69, 9.17) is 0 Å². The minimum absolute atomic E-state index is 1.21. The second-order valence-corrected chi connectivity index (χ2v) is 4.18. The molecule has 0 aromatic heterocycles. The van der Waals surface area contributed by atoms with Crippen LogP contribution in [0.2, 0.25) is 0 Å². The Morgan fingerprint density at radius 1 is 1.44 bits per heavy atom. The van der Waals surface area contributed by atoms with Crippen molar-refractivity contribution in [3.8, 4) is 0 Å². The van der Waals surface area contributed by atoms with Crippen molar-refractivity contribution in [2.24, 2.45) is 0 Å². The van der Waals surface area contributed by atoms with Gasteiger partial charge in [-0.05, 0) is 17.4 Å². The second-order valence-electron chi connectivity index (χ2n) is 2.14. The number of hydrogen-bond donors (Lipinski definition) is 0. The summed E-state index contributed by atoms with van der Waals surface area (Å²) in [6, 6.07) is 0. The Morgan fingerprint density at radius 3 is 3.33 bits per heavy atom. The Morgan fingerprint density at radius 2 is 2.44 bits per heavy atom. The van der Waals surface area contributed by atoms with Crippen LogP contribution in [-0.4, -0.2) is 11.5 Å². The van der Waals surface area contributed by atoms with Crippen molar-refractivity contribution in [2.75, 3.05) is 11.5 Å². The predicted octanol–water partition coefficient (Wildman–Crippen LogP) is 2.64. The largest absolute Gasteiger partial charge is 0.133 e. The first-order valence-corrected chi connectivity index (χ1v) is 5.14. The van der Waals surface area contributed by atoms with Crippen molar-refractivity contribution < 1.29 is 0 Å². The summed E-state index contributed by atoms with van der Waals surface area (Å²) in [5.74, 6) is 2.50. The maximum absolute atomic E-state index is 2.36. The van der Waals surface area contributed by atoms with Gasteiger partial charge in [0.1, 0.15) is 0 Å². The number of thioether (sulfide) groups is 2. The highest BCUT2D eigenvalue weighted by Crippen LogP contribution is 2.38. The lowest BCUT2D eigenvalue weighted by molar-refractivity contribution is 1.16. The average Bonchev–Trinajstić information content (AvgIpc) is 2.33. The number of fused-ring (bicyclic) bond motifs is 1. The van der Waals surface area contributed by atoms with Gasteiger partial charge in [0.2, 0.25) is 0 Å². The van der Waals surface area contributed by atoms with Crippen molar-refractivity contribution in [2.45, 2.75) is 6.42 Å². The van der Waals surface area contributed by atoms with Gasteiger partial charge in [-0.15, -0.1) is 23.5 Å². The van der Waals surface area contributed by atoms with Gasteiger partial charge in [0, 0.05) is 16.4 Å². The molecule has 0 aromatic rings. The predicted molar refractivity (Wildman–Crippen MR) is 45.7 cm³/mol. The first-order valence-electron chi connectivity index (χ1n) is 3.11. The fourth-order valence-corrected chi connectivity index (χ4v) is 3.13. The fraction of sp³-hybridized carbons (Fsp3) is 0.429. The molecule has 2 rings (SSSR count). The van der Waals surface area contributed by atoms with Crippen LogP contribution in [0.5, 0.6) is 0 Å². The molecular weight excluding hydrogens is 148 g/mol. The van der Waals surface area contributed by atoms with Crippen LogP contribution < -0.4 is 0 Å². The molecule has 0 atom stereocenters. The van der Waals surface area contributed by atoms with Crippen molar-refractivity contribution in [1.82, 2.24) is 0 Å². The zero-order valence-corrected chi connectivity index (χ0v) is 6.73. The van der Waals surface area contributed by atoms with E-state index in [1.807, 2.05) is 23.5 Å². The summed E-state index contributed by atoms with van der Waals surface area (Å²) < 4.78 is 0. The summed E-state index contributed by atoms with van der Waals surface area (Å²) in [7, 11) is 0. The third kappa shape index (κ3) is 1.06. The number of allylic oxidation sites excluding steroid dienone is 1. The third-order valence-corrected chi connectivity index (χ3v) is 3.58. The first kappa shape index (κ1) is 5.93. The molecule has 0 saturated heterocycles. The zero-order chi connectivity index (χ0) is 6.10. The Balaban J connectivity index is 2.30. The van der Waals surface area contributed by atoms with Crippen molar-refractivity contribution >= 4 is 23.5 Å². The molecule has 0 nitrogen and oxygen atoms in total. The standard InChI is InChI=1S/C7H8S2/c1-3-8-5-7-6(1)2-4-9-7/h2,5H,1,3-4H2. The molecule has 0 saturated carbocycles. The van der Waals surface area contributed by atoms with Gasteiger partial charge >= 0.3 is 0 Å². The van der Waals surface area contributed by atoms with Gasteiger partial charge in [0.15, 0.2) is 0 Å². The molecule has 0 spiro atoms. The fourth-order valence-electron chi connectivity index (χ4n) is 1.06. The van der Waals surface area contributed by atoms with E-state index in [9.17, 15) is 0 Å². The Kier molecular flexibility index (Phi) is 1.60. The van der Waals surface area contributed by atoms with Gasteiger partial charge in [0.05, 0.1) is 0 Å². The highest BCUT2D eigenvalue weighted by atomic mass is 32.2. The molecule has 2 aliphatic rings. The Bertz CT molecular complexity index is 179. The minimum atomic E-state index is 1.21. The van der Waals surface area contributed by atoms with Crippen molar-refractivity contribution in [3.05, 3.63) is 22.0 Å². The smallest absolute Gasteiger partial charge is 0.0168 e. The minimum Gasteiger partial charge on any atom is -0.133 e. The molecule has 9 heavy (non-hydrogen) atoms. The van der Waals surface area contributed by atoms with Gasteiger partial charge in [-0.3, -0.25) is 0 Å². The monoisotopic (exact) mass is 156 g/mol. The molecule has 0 bridgehead atoms. The van der Waals surface area contributed by atoms with Crippen LogP contribution in [0.25, 0.3) is 0 Å². The lowest BCUT2D eigenvalue weighted by atomic mass is 10.2. The van der Waals surface area contributed by atoms with E-state index in [0.717, 1.165) is 0 Å². The maximum Gasteiger partial charge on any atom is 0.0168 e. The van der Waals surface area contributed by atoms with Crippen LogP contribution in [0.4, 0.5) is 0 Å². The van der Waals surface area contributed by atoms with Gasteiger partial charge in [-0.25, -0.2) is 0 Å². The molecule has 48 valence electrons.